The van der Waals surface area contributed by atoms with Gasteiger partial charge in [0.1, 0.15) is 11.9 Å². The van der Waals surface area contributed by atoms with Crippen LogP contribution in [0, 0.1) is 5.82 Å². The van der Waals surface area contributed by atoms with Crippen LogP contribution in [0.25, 0.3) is 0 Å². The largest absolute Gasteiger partial charge is 0.466 e. The number of esters is 1. The number of primary amides is 1. The van der Waals surface area contributed by atoms with Crippen molar-refractivity contribution in [3.8, 4) is 0 Å². The summed E-state index contributed by atoms with van der Waals surface area (Å²) in [6, 6.07) is 2.88. The summed E-state index contributed by atoms with van der Waals surface area (Å²) in [4.78, 5) is 35.0. The van der Waals surface area contributed by atoms with Crippen molar-refractivity contribution >= 4 is 40.6 Å². The van der Waals surface area contributed by atoms with E-state index in [-0.39, 0.29) is 18.2 Å². The maximum Gasteiger partial charge on any atom is 0.330 e. The molecule has 35 heavy (non-hydrogen) atoms. The van der Waals surface area contributed by atoms with Gasteiger partial charge >= 0.3 is 5.97 Å². The van der Waals surface area contributed by atoms with Crippen LogP contribution in [0.3, 0.4) is 0 Å². The number of rotatable bonds is 7. The smallest absolute Gasteiger partial charge is 0.330 e. The Balaban J connectivity index is 1.85. The number of nitrogens with zero attached hydrogens (tertiary/aromatic N) is 3. The van der Waals surface area contributed by atoms with E-state index in [0.29, 0.717) is 40.8 Å². The molecule has 1 aromatic heterocycles. The molecule has 2 aliphatic heterocycles. The van der Waals surface area contributed by atoms with Gasteiger partial charge in [-0.15, -0.1) is 11.3 Å². The summed E-state index contributed by atoms with van der Waals surface area (Å²) >= 11 is 7.83. The first-order chi connectivity index (χ1) is 16.9. The van der Waals surface area contributed by atoms with Gasteiger partial charge in [-0.1, -0.05) is 17.7 Å². The zero-order valence-corrected chi connectivity index (χ0v) is 20.3. The van der Waals surface area contributed by atoms with E-state index in [1.807, 2.05) is 10.3 Å². The molecule has 1 aromatic carbocycles. The zero-order valence-electron chi connectivity index (χ0n) is 18.7. The molecule has 184 valence electrons. The van der Waals surface area contributed by atoms with E-state index in [0.717, 1.165) is 0 Å². The number of carbonyl (C=O) groups is 2. The van der Waals surface area contributed by atoms with Crippen molar-refractivity contribution in [1.82, 2.24) is 15.2 Å². The number of methoxy groups -OCH3 is 1. The highest BCUT2D eigenvalue weighted by Crippen LogP contribution is 2.35. The Kier molecular flexibility index (Phi) is 7.91. The van der Waals surface area contributed by atoms with E-state index in [1.165, 1.54) is 36.7 Å². The van der Waals surface area contributed by atoms with Gasteiger partial charge in [-0.05, 0) is 23.8 Å². The van der Waals surface area contributed by atoms with Gasteiger partial charge in [-0.3, -0.25) is 9.69 Å². The summed E-state index contributed by atoms with van der Waals surface area (Å²) in [5.74, 6) is -1.05. The van der Waals surface area contributed by atoms with Crippen LogP contribution in [0.4, 0.5) is 4.39 Å². The summed E-state index contributed by atoms with van der Waals surface area (Å²) in [5.41, 5.74) is 7.34. The first kappa shape index (κ1) is 25.0. The molecule has 1 fully saturated rings. The number of aromatic nitrogens is 1. The number of nitrogens with two attached hydrogens (primary N) is 1. The average molecular weight is 520 g/mol. The van der Waals surface area contributed by atoms with Crippen LogP contribution < -0.4 is 11.1 Å². The Hall–Kier alpha value is -3.12. The van der Waals surface area contributed by atoms with E-state index < -0.39 is 29.8 Å². The molecule has 2 aromatic rings. The molecular weight excluding hydrogens is 497 g/mol. The highest BCUT2D eigenvalue weighted by molar-refractivity contribution is 7.11. The van der Waals surface area contributed by atoms with Gasteiger partial charge < -0.3 is 20.5 Å². The fraction of sp³-hybridized carbons (Fsp3) is 0.304. The predicted octanol–water partition coefficient (Wildman–Crippen LogP) is 2.20. The summed E-state index contributed by atoms with van der Waals surface area (Å²) < 4.78 is 24.0. The summed E-state index contributed by atoms with van der Waals surface area (Å²) in [6.45, 7) is 1.30. The highest BCUT2D eigenvalue weighted by Gasteiger charge is 2.33. The molecule has 0 aliphatic carbocycles. The van der Waals surface area contributed by atoms with E-state index >= 15 is 0 Å². The first-order valence-electron chi connectivity index (χ1n) is 10.7. The Morgan fingerprint density at radius 1 is 1.46 bits per heavy atom. The van der Waals surface area contributed by atoms with Crippen molar-refractivity contribution in [1.29, 1.82) is 0 Å². The van der Waals surface area contributed by atoms with Gasteiger partial charge in [0.2, 0.25) is 5.91 Å². The number of benzene rings is 1. The van der Waals surface area contributed by atoms with E-state index in [2.05, 4.69) is 10.3 Å². The minimum atomic E-state index is -0.636. The summed E-state index contributed by atoms with van der Waals surface area (Å²) in [6.07, 6.45) is 4.52. The molecule has 2 aliphatic rings. The van der Waals surface area contributed by atoms with Gasteiger partial charge in [-0.25, -0.2) is 19.2 Å². The molecule has 1 amide bonds. The molecule has 1 saturated heterocycles. The van der Waals surface area contributed by atoms with E-state index in [9.17, 15) is 14.0 Å². The zero-order chi connectivity index (χ0) is 24.9. The lowest BCUT2D eigenvalue weighted by atomic mass is 9.94. The third-order valence-electron chi connectivity index (χ3n) is 5.60. The maximum absolute atomic E-state index is 13.8. The molecule has 4 rings (SSSR count). The van der Waals surface area contributed by atoms with Gasteiger partial charge in [0.05, 0.1) is 32.1 Å². The molecule has 3 heterocycles. The lowest BCUT2D eigenvalue weighted by Gasteiger charge is -2.35. The molecule has 1 unspecified atom stereocenters. The number of aliphatic imine (C=N–C) groups is 1. The van der Waals surface area contributed by atoms with Crippen molar-refractivity contribution in [2.45, 2.75) is 12.1 Å². The molecule has 12 heteroatoms. The van der Waals surface area contributed by atoms with Crippen LogP contribution in [0.5, 0.6) is 0 Å². The fourth-order valence-electron chi connectivity index (χ4n) is 3.87. The van der Waals surface area contributed by atoms with Crippen molar-refractivity contribution < 1.29 is 23.5 Å². The SMILES string of the molecule is COC(=O)/C=C/C1=C(CN2CCOC[C@H]2C(N)=O)N=C(c2nccs2)NC1c1ccc(F)cc1Cl. The Bertz CT molecular complexity index is 1200. The predicted molar refractivity (Wildman–Crippen MR) is 129 cm³/mol. The fourth-order valence-corrected chi connectivity index (χ4v) is 4.74. The van der Waals surface area contributed by atoms with E-state index in [1.54, 1.807) is 18.3 Å². The lowest BCUT2D eigenvalue weighted by molar-refractivity contribution is -0.134. The topological polar surface area (TPSA) is 119 Å². The van der Waals surface area contributed by atoms with Gasteiger partial charge in [0.25, 0.3) is 0 Å². The molecule has 0 saturated carbocycles. The van der Waals surface area contributed by atoms with Crippen molar-refractivity contribution in [2.24, 2.45) is 10.7 Å². The molecular formula is C23H23ClFN5O4S. The number of amidine groups is 1. The Morgan fingerprint density at radius 3 is 2.97 bits per heavy atom. The monoisotopic (exact) mass is 519 g/mol. The van der Waals surface area contributed by atoms with Crippen molar-refractivity contribution in [2.75, 3.05) is 33.4 Å². The average Bonchev–Trinajstić information content (AvgIpc) is 3.38. The Labute approximate surface area is 210 Å². The quantitative estimate of drug-likeness (QED) is 0.425. The van der Waals surface area contributed by atoms with Crippen LogP contribution in [-0.4, -0.2) is 67.1 Å². The minimum absolute atomic E-state index is 0.171. The molecule has 3 N–H and O–H groups in total. The number of nitrogens with one attached hydrogen (secondary N) is 1. The molecule has 0 bridgehead atoms. The van der Waals surface area contributed by atoms with E-state index in [4.69, 9.17) is 31.8 Å². The molecule has 0 radical (unpaired) electrons. The second-order valence-electron chi connectivity index (χ2n) is 7.76. The number of ether oxygens (including phenoxy) is 2. The third-order valence-corrected chi connectivity index (χ3v) is 6.71. The third kappa shape index (κ3) is 5.76. The van der Waals surface area contributed by atoms with Crippen molar-refractivity contribution in [3.63, 3.8) is 0 Å². The highest BCUT2D eigenvalue weighted by atomic mass is 35.5. The summed E-state index contributed by atoms with van der Waals surface area (Å²) in [7, 11) is 1.28. The van der Waals surface area contributed by atoms with Gasteiger partial charge in [-0.2, -0.15) is 0 Å². The number of halogens is 2. The number of thiazole rings is 1. The van der Waals surface area contributed by atoms with Gasteiger partial charge in [0.15, 0.2) is 10.8 Å². The second-order valence-corrected chi connectivity index (χ2v) is 9.06. The van der Waals surface area contributed by atoms with Crippen LogP contribution in [0.2, 0.25) is 5.02 Å². The van der Waals surface area contributed by atoms with Crippen LogP contribution in [-0.2, 0) is 19.1 Å². The summed E-state index contributed by atoms with van der Waals surface area (Å²) in [5, 5.41) is 5.98. The minimum Gasteiger partial charge on any atom is -0.466 e. The first-order valence-corrected chi connectivity index (χ1v) is 11.9. The lowest BCUT2D eigenvalue weighted by Crippen LogP contribution is -2.53. The van der Waals surface area contributed by atoms with Crippen LogP contribution >= 0.6 is 22.9 Å². The van der Waals surface area contributed by atoms with Gasteiger partial charge in [0, 0.05) is 41.3 Å². The number of carbonyl (C=O) groups excluding carboxylic acids is 2. The molecule has 0 spiro atoms. The molecule has 9 nitrogen and oxygen atoms in total. The number of morpholine rings is 1. The normalized spacial score (nSPS) is 21.1. The number of hydrogen-bond donors (Lipinski definition) is 2. The second kappa shape index (κ2) is 11.1. The van der Waals surface area contributed by atoms with Crippen LogP contribution in [0.15, 0.2) is 58.2 Å². The Morgan fingerprint density at radius 2 is 2.29 bits per heavy atom. The number of amides is 1. The number of hydrogen-bond acceptors (Lipinski definition) is 9. The molecule has 2 atom stereocenters. The maximum atomic E-state index is 13.8. The van der Waals surface area contributed by atoms with Crippen LogP contribution in [0.1, 0.15) is 16.6 Å². The van der Waals surface area contributed by atoms with Crippen molar-refractivity contribution in [3.05, 3.63) is 74.6 Å². The standard InChI is InChI=1S/C23H23ClFN5O4S/c1-33-19(31)5-4-15-17(11-30-7-8-34-12-18(30)21(26)32)28-22(23-27-6-9-35-23)29-20(15)14-3-2-13(25)10-16(14)24/h2-6,9-10,18,20H,7-8,11-12H2,1H3,(H2,26,32)(H,28,29)/b5-4+/t18-,20?/m0/s1.